The van der Waals surface area contributed by atoms with Crippen LogP contribution in [0.25, 0.3) is 22.0 Å². The Labute approximate surface area is 252 Å². The molecule has 3 aromatic carbocycles. The molecule has 2 heterocycles. The van der Waals surface area contributed by atoms with Crippen molar-refractivity contribution in [3.63, 3.8) is 0 Å². The SMILES string of the molecule is Cc1cccc(C)c1-c1cc2nccc(N3CCN(c4c(F)c(F)c(S(C)(=O)=O)c(F)c4OC(F)(F)F)C(=O)C3)c2cc1Cl. The number of halogens is 7. The highest BCUT2D eigenvalue weighted by molar-refractivity contribution is 7.90. The summed E-state index contributed by atoms with van der Waals surface area (Å²) in [5.41, 5.74) is 3.12. The summed E-state index contributed by atoms with van der Waals surface area (Å²) in [6, 6.07) is 10.8. The molecule has 15 heteroatoms. The van der Waals surface area contributed by atoms with Crippen molar-refractivity contribution in [2.24, 2.45) is 0 Å². The lowest BCUT2D eigenvalue weighted by Gasteiger charge is -2.37. The van der Waals surface area contributed by atoms with E-state index in [1.807, 2.05) is 32.0 Å². The second-order valence-corrected chi connectivity index (χ2v) is 12.5. The Morgan fingerprint density at radius 1 is 0.977 bits per heavy atom. The van der Waals surface area contributed by atoms with E-state index in [9.17, 15) is 30.8 Å². The number of fused-ring (bicyclic) bond motifs is 1. The maximum Gasteiger partial charge on any atom is 0.573 e. The Morgan fingerprint density at radius 3 is 2.23 bits per heavy atom. The van der Waals surface area contributed by atoms with Crippen LogP contribution in [0.2, 0.25) is 5.02 Å². The Bertz CT molecular complexity index is 1930. The Hall–Kier alpha value is -4.04. The zero-order valence-electron chi connectivity index (χ0n) is 23.2. The molecule has 0 bridgehead atoms. The van der Waals surface area contributed by atoms with Gasteiger partial charge in [-0.25, -0.2) is 21.6 Å². The van der Waals surface area contributed by atoms with Crippen LogP contribution in [-0.4, -0.2) is 51.6 Å². The van der Waals surface area contributed by atoms with Gasteiger partial charge in [-0.15, -0.1) is 13.2 Å². The number of nitrogens with zero attached hydrogens (tertiary/aromatic N) is 3. The Morgan fingerprint density at radius 2 is 1.64 bits per heavy atom. The molecule has 0 radical (unpaired) electrons. The average Bonchev–Trinajstić information content (AvgIpc) is 2.91. The van der Waals surface area contributed by atoms with E-state index >= 15 is 8.78 Å². The van der Waals surface area contributed by atoms with Gasteiger partial charge in [-0.1, -0.05) is 29.8 Å². The van der Waals surface area contributed by atoms with E-state index in [1.54, 1.807) is 18.2 Å². The molecule has 1 amide bonds. The van der Waals surface area contributed by atoms with Crippen LogP contribution in [0.4, 0.5) is 37.7 Å². The van der Waals surface area contributed by atoms with Crippen molar-refractivity contribution in [1.29, 1.82) is 0 Å². The molecule has 7 nitrogen and oxygen atoms in total. The van der Waals surface area contributed by atoms with Crippen LogP contribution >= 0.6 is 11.6 Å². The molecule has 0 saturated carbocycles. The number of sulfone groups is 1. The van der Waals surface area contributed by atoms with Crippen LogP contribution in [0, 0.1) is 31.3 Å². The van der Waals surface area contributed by atoms with Gasteiger partial charge in [-0.05, 0) is 48.7 Å². The number of carbonyl (C=O) groups excluding carboxylic acids is 1. The van der Waals surface area contributed by atoms with Gasteiger partial charge in [0.25, 0.3) is 0 Å². The Balaban J connectivity index is 1.55. The average molecular weight is 658 g/mol. The fourth-order valence-electron chi connectivity index (χ4n) is 5.36. The maximum absolute atomic E-state index is 15.2. The fraction of sp³-hybridized carbons (Fsp3) is 0.241. The highest BCUT2D eigenvalue weighted by atomic mass is 35.5. The summed E-state index contributed by atoms with van der Waals surface area (Å²) in [7, 11) is -4.89. The molecular formula is C29H22ClF6N3O4S. The third-order valence-electron chi connectivity index (χ3n) is 7.19. The molecule has 0 spiro atoms. The largest absolute Gasteiger partial charge is 0.573 e. The summed E-state index contributed by atoms with van der Waals surface area (Å²) in [5, 5.41) is 0.928. The van der Waals surface area contributed by atoms with Gasteiger partial charge in [0.1, 0.15) is 10.6 Å². The van der Waals surface area contributed by atoms with Gasteiger partial charge in [0.05, 0.1) is 12.1 Å². The topological polar surface area (TPSA) is 79.8 Å². The molecule has 1 aliphatic rings. The minimum atomic E-state index is -5.63. The van der Waals surface area contributed by atoms with Crippen LogP contribution in [0.5, 0.6) is 5.75 Å². The summed E-state index contributed by atoms with van der Waals surface area (Å²) in [6.45, 7) is 2.65. The lowest BCUT2D eigenvalue weighted by molar-refractivity contribution is -0.275. The fourth-order valence-corrected chi connectivity index (χ4v) is 6.45. The molecule has 5 rings (SSSR count). The number of hydrogen-bond donors (Lipinski definition) is 0. The molecule has 44 heavy (non-hydrogen) atoms. The van der Waals surface area contributed by atoms with Crippen molar-refractivity contribution in [3.8, 4) is 16.9 Å². The molecule has 1 aliphatic heterocycles. The second kappa shape index (κ2) is 11.1. The first kappa shape index (κ1) is 31.4. The lowest BCUT2D eigenvalue weighted by Crippen LogP contribution is -2.51. The third kappa shape index (κ3) is 5.63. The van der Waals surface area contributed by atoms with Crippen LogP contribution in [0.3, 0.4) is 0 Å². The number of alkyl halides is 3. The van der Waals surface area contributed by atoms with Gasteiger partial charge in [-0.3, -0.25) is 9.78 Å². The Kier molecular flexibility index (Phi) is 7.95. The first-order chi connectivity index (χ1) is 20.5. The number of benzene rings is 3. The number of hydrogen-bond acceptors (Lipinski definition) is 6. The number of anilines is 2. The monoisotopic (exact) mass is 657 g/mol. The summed E-state index contributed by atoms with van der Waals surface area (Å²) >= 11 is 6.70. The van der Waals surface area contributed by atoms with Crippen molar-refractivity contribution in [2.45, 2.75) is 25.1 Å². The van der Waals surface area contributed by atoms with Crippen molar-refractivity contribution in [1.82, 2.24) is 4.98 Å². The number of aryl methyl sites for hydroxylation is 2. The minimum absolute atomic E-state index is 0.136. The first-order valence-corrected chi connectivity index (χ1v) is 15.1. The molecule has 0 unspecified atom stereocenters. The quantitative estimate of drug-likeness (QED) is 0.175. The normalized spacial score (nSPS) is 14.5. The number of rotatable bonds is 5. The summed E-state index contributed by atoms with van der Waals surface area (Å²) < 4.78 is 112. The molecule has 1 saturated heterocycles. The van der Waals surface area contributed by atoms with E-state index in [2.05, 4.69) is 9.72 Å². The highest BCUT2D eigenvalue weighted by Crippen LogP contribution is 2.44. The summed E-state index contributed by atoms with van der Waals surface area (Å²) in [5.74, 6) is -9.80. The predicted octanol–water partition coefficient (Wildman–Crippen LogP) is 6.74. The minimum Gasteiger partial charge on any atom is -0.400 e. The molecule has 0 aliphatic carbocycles. The van der Waals surface area contributed by atoms with E-state index < -0.39 is 69.0 Å². The number of aromatic nitrogens is 1. The van der Waals surface area contributed by atoms with Gasteiger partial charge in [0, 0.05) is 47.2 Å². The van der Waals surface area contributed by atoms with Crippen molar-refractivity contribution < 1.29 is 44.3 Å². The zero-order valence-corrected chi connectivity index (χ0v) is 24.8. The van der Waals surface area contributed by atoms with Gasteiger partial charge in [-0.2, -0.15) is 0 Å². The van der Waals surface area contributed by atoms with E-state index in [-0.39, 0.29) is 12.8 Å². The smallest absolute Gasteiger partial charge is 0.400 e. The molecule has 1 fully saturated rings. The molecule has 0 atom stereocenters. The van der Waals surface area contributed by atoms with Gasteiger partial charge in [0.2, 0.25) is 5.91 Å². The number of pyridine rings is 1. The van der Waals surface area contributed by atoms with E-state index in [4.69, 9.17) is 11.6 Å². The van der Waals surface area contributed by atoms with E-state index in [0.29, 0.717) is 26.5 Å². The highest BCUT2D eigenvalue weighted by Gasteiger charge is 2.42. The van der Waals surface area contributed by atoms with Crippen molar-refractivity contribution in [2.75, 3.05) is 35.7 Å². The number of piperazine rings is 1. The molecule has 0 N–H and O–H groups in total. The maximum atomic E-state index is 15.2. The van der Waals surface area contributed by atoms with Crippen LogP contribution in [0.1, 0.15) is 11.1 Å². The van der Waals surface area contributed by atoms with Crippen LogP contribution < -0.4 is 14.5 Å². The van der Waals surface area contributed by atoms with Crippen LogP contribution in [-0.2, 0) is 14.6 Å². The van der Waals surface area contributed by atoms with E-state index in [0.717, 1.165) is 22.3 Å². The predicted molar refractivity (Wildman–Crippen MR) is 152 cm³/mol. The molecule has 4 aromatic rings. The molecular weight excluding hydrogens is 636 g/mol. The summed E-state index contributed by atoms with van der Waals surface area (Å²) in [4.78, 5) is 17.6. The lowest BCUT2D eigenvalue weighted by atomic mass is 9.94. The standard InChI is InChI=1S/C29H22ClF6N3O4S/c1-14-5-4-6-15(2)22(14)16-12-19-17(11-18(16)30)20(7-8-37-19)38-9-10-39(21(40)13-38)26-23(31)24(32)28(44(3,41)42)25(33)27(26)43-29(34,35)36/h4-8,11-12H,9-10,13H2,1-3H3. The number of ether oxygens (including phenoxy) is 1. The second-order valence-electron chi connectivity index (χ2n) is 10.2. The van der Waals surface area contributed by atoms with Gasteiger partial charge < -0.3 is 14.5 Å². The van der Waals surface area contributed by atoms with Crippen molar-refractivity contribution in [3.05, 3.63) is 76.2 Å². The molecule has 1 aromatic heterocycles. The van der Waals surface area contributed by atoms with E-state index in [1.165, 1.54) is 11.1 Å². The molecule has 232 valence electrons. The zero-order chi connectivity index (χ0) is 32.3. The van der Waals surface area contributed by atoms with Gasteiger partial charge >= 0.3 is 6.36 Å². The summed E-state index contributed by atoms with van der Waals surface area (Å²) in [6.07, 6.45) is -3.86. The first-order valence-electron chi connectivity index (χ1n) is 12.9. The van der Waals surface area contributed by atoms with Crippen LogP contribution in [0.15, 0.2) is 47.5 Å². The van der Waals surface area contributed by atoms with Gasteiger partial charge in [0.15, 0.2) is 33.0 Å². The number of amides is 1. The van der Waals surface area contributed by atoms with Crippen molar-refractivity contribution >= 4 is 49.6 Å². The third-order valence-corrected chi connectivity index (χ3v) is 8.60. The number of carbonyl (C=O) groups is 1.